The van der Waals surface area contributed by atoms with Gasteiger partial charge in [-0.05, 0) is 22.6 Å². The molecule has 5 N–H and O–H groups in total. The predicted molar refractivity (Wildman–Crippen MR) is 84.1 cm³/mol. The lowest BCUT2D eigenvalue weighted by molar-refractivity contribution is -0.0437. The molecule has 8 nitrogen and oxygen atoms in total. The van der Waals surface area contributed by atoms with E-state index in [0.717, 1.165) is 0 Å². The molecular formula is C11H12ClIN4O4. The third kappa shape index (κ3) is 2.32. The third-order valence-corrected chi connectivity index (χ3v) is 5.18. The van der Waals surface area contributed by atoms with E-state index in [1.807, 2.05) is 22.6 Å². The third-order valence-electron chi connectivity index (χ3n) is 3.43. The smallest absolute Gasteiger partial charge is 0.263 e. The van der Waals surface area contributed by atoms with E-state index < -0.39 is 24.0 Å². The summed E-state index contributed by atoms with van der Waals surface area (Å²) in [6.07, 6.45) is -1.80. The number of hydrogen-bond acceptors (Lipinski definition) is 6. The molecule has 3 heterocycles. The standard InChI is InChI=1S/C11H12ClIN4O4/c12-7-6-9(15-11(14)16-10(6)20)17(8(7)13)5-1-3(19)4(2-18)21-5/h3-5,18-19H,1-2H2,(H3,14,15,16,20)/t3-,4+,5-/m0/s1. The number of aromatic nitrogens is 3. The van der Waals surface area contributed by atoms with E-state index in [1.54, 1.807) is 4.57 Å². The lowest BCUT2D eigenvalue weighted by atomic mass is 10.2. The molecule has 1 fully saturated rings. The molecule has 0 aromatic carbocycles. The Morgan fingerprint density at radius 2 is 2.33 bits per heavy atom. The van der Waals surface area contributed by atoms with Crippen molar-refractivity contribution in [2.45, 2.75) is 24.9 Å². The number of rotatable bonds is 2. The number of H-pyrrole nitrogens is 1. The molecular weight excluding hydrogens is 415 g/mol. The lowest BCUT2D eigenvalue weighted by Crippen LogP contribution is -2.24. The van der Waals surface area contributed by atoms with Gasteiger partial charge in [-0.1, -0.05) is 11.6 Å². The highest BCUT2D eigenvalue weighted by molar-refractivity contribution is 14.1. The van der Waals surface area contributed by atoms with E-state index >= 15 is 0 Å². The highest BCUT2D eigenvalue weighted by atomic mass is 127. The van der Waals surface area contributed by atoms with Crippen molar-refractivity contribution in [2.24, 2.45) is 0 Å². The summed E-state index contributed by atoms with van der Waals surface area (Å²) < 4.78 is 7.77. The monoisotopic (exact) mass is 426 g/mol. The van der Waals surface area contributed by atoms with Gasteiger partial charge in [0.15, 0.2) is 5.65 Å². The van der Waals surface area contributed by atoms with Crippen LogP contribution >= 0.6 is 34.2 Å². The average molecular weight is 427 g/mol. The van der Waals surface area contributed by atoms with Crippen LogP contribution in [0.2, 0.25) is 5.02 Å². The maximum absolute atomic E-state index is 12.0. The summed E-state index contributed by atoms with van der Waals surface area (Å²) in [5, 5.41) is 19.5. The minimum absolute atomic E-state index is 0.0310. The zero-order valence-corrected chi connectivity index (χ0v) is 13.5. The van der Waals surface area contributed by atoms with Crippen LogP contribution in [-0.2, 0) is 4.74 Å². The minimum atomic E-state index is -0.800. The van der Waals surface area contributed by atoms with Gasteiger partial charge in [-0.2, -0.15) is 4.98 Å². The number of nitrogens with two attached hydrogens (primary N) is 1. The van der Waals surface area contributed by atoms with Crippen molar-refractivity contribution < 1.29 is 14.9 Å². The van der Waals surface area contributed by atoms with Crippen molar-refractivity contribution in [2.75, 3.05) is 12.3 Å². The fraction of sp³-hybridized carbons (Fsp3) is 0.455. The fourth-order valence-electron chi connectivity index (χ4n) is 2.45. The van der Waals surface area contributed by atoms with Crippen LogP contribution in [0.4, 0.5) is 5.95 Å². The molecule has 1 aliphatic heterocycles. The molecule has 0 bridgehead atoms. The number of aromatic amines is 1. The maximum atomic E-state index is 12.0. The zero-order chi connectivity index (χ0) is 15.3. The van der Waals surface area contributed by atoms with Crippen LogP contribution < -0.4 is 11.3 Å². The summed E-state index contributed by atoms with van der Waals surface area (Å²) in [5.41, 5.74) is 5.44. The highest BCUT2D eigenvalue weighted by Crippen LogP contribution is 2.37. The molecule has 0 aliphatic carbocycles. The Balaban J connectivity index is 2.20. The van der Waals surface area contributed by atoms with Crippen LogP contribution in [0, 0.1) is 3.70 Å². The van der Waals surface area contributed by atoms with Crippen LogP contribution in [0.1, 0.15) is 12.6 Å². The number of ether oxygens (including phenoxy) is 1. The Kier molecular flexibility index (Phi) is 3.86. The van der Waals surface area contributed by atoms with Gasteiger partial charge in [0.1, 0.15) is 21.4 Å². The first kappa shape index (κ1) is 15.0. The number of nitrogens with one attached hydrogen (secondary N) is 1. The van der Waals surface area contributed by atoms with Gasteiger partial charge in [0.25, 0.3) is 5.56 Å². The zero-order valence-electron chi connectivity index (χ0n) is 10.6. The quantitative estimate of drug-likeness (QED) is 0.509. The predicted octanol–water partition coefficient (Wildman–Crippen LogP) is 0.205. The molecule has 114 valence electrons. The van der Waals surface area contributed by atoms with E-state index in [2.05, 4.69) is 9.97 Å². The van der Waals surface area contributed by atoms with Gasteiger partial charge in [-0.25, -0.2) is 0 Å². The van der Waals surface area contributed by atoms with E-state index in [4.69, 9.17) is 27.2 Å². The van der Waals surface area contributed by atoms with Gasteiger partial charge in [0, 0.05) is 6.42 Å². The molecule has 3 rings (SSSR count). The number of aliphatic hydroxyl groups excluding tert-OH is 2. The van der Waals surface area contributed by atoms with Crippen LogP contribution in [0.25, 0.3) is 11.0 Å². The van der Waals surface area contributed by atoms with Gasteiger partial charge >= 0.3 is 0 Å². The van der Waals surface area contributed by atoms with Gasteiger partial charge < -0.3 is 20.7 Å². The lowest BCUT2D eigenvalue weighted by Gasteiger charge is -2.15. The van der Waals surface area contributed by atoms with E-state index in [0.29, 0.717) is 9.35 Å². The summed E-state index contributed by atoms with van der Waals surface area (Å²) in [4.78, 5) is 18.5. The topological polar surface area (TPSA) is 126 Å². The van der Waals surface area contributed by atoms with Crippen molar-refractivity contribution in [1.82, 2.24) is 14.5 Å². The number of nitrogens with zero attached hydrogens (tertiary/aromatic N) is 2. The van der Waals surface area contributed by atoms with Gasteiger partial charge in [0.2, 0.25) is 5.95 Å². The molecule has 0 saturated carbocycles. The first-order chi connectivity index (χ1) is 9.93. The largest absolute Gasteiger partial charge is 0.394 e. The van der Waals surface area contributed by atoms with Crippen LogP contribution in [-0.4, -0.2) is 43.6 Å². The van der Waals surface area contributed by atoms with Crippen molar-refractivity contribution >= 4 is 51.2 Å². The van der Waals surface area contributed by atoms with Gasteiger partial charge in [0.05, 0.1) is 17.7 Å². The van der Waals surface area contributed by atoms with Crippen LogP contribution in [0.15, 0.2) is 4.79 Å². The van der Waals surface area contributed by atoms with Crippen LogP contribution in [0.3, 0.4) is 0 Å². The SMILES string of the molecule is Nc1nc2c(c(Cl)c(I)n2[C@@H]2C[C@H](O)[C@@H](CO)O2)c(=O)[nH]1. The minimum Gasteiger partial charge on any atom is -0.394 e. The second kappa shape index (κ2) is 5.39. The van der Waals surface area contributed by atoms with Crippen molar-refractivity contribution in [3.63, 3.8) is 0 Å². The normalized spacial score (nSPS) is 25.8. The Bertz CT molecular complexity index is 761. The molecule has 1 aliphatic rings. The molecule has 21 heavy (non-hydrogen) atoms. The number of aliphatic hydroxyl groups is 2. The Hall–Kier alpha value is -0.880. The van der Waals surface area contributed by atoms with Gasteiger partial charge in [-0.15, -0.1) is 0 Å². The number of halogens is 2. The van der Waals surface area contributed by atoms with E-state index in [9.17, 15) is 9.90 Å². The fourth-order valence-corrected chi connectivity index (χ4v) is 3.52. The number of fused-ring (bicyclic) bond motifs is 1. The van der Waals surface area contributed by atoms with Crippen molar-refractivity contribution in [3.05, 3.63) is 19.1 Å². The molecule has 0 unspecified atom stereocenters. The Labute approximate surface area is 137 Å². The van der Waals surface area contributed by atoms with Crippen molar-refractivity contribution in [3.8, 4) is 0 Å². The number of hydrogen-bond donors (Lipinski definition) is 4. The number of anilines is 1. The summed E-state index contributed by atoms with van der Waals surface area (Å²) in [6, 6.07) is 0. The molecule has 10 heteroatoms. The molecule has 0 amide bonds. The first-order valence-electron chi connectivity index (χ1n) is 6.13. The van der Waals surface area contributed by atoms with E-state index in [-0.39, 0.29) is 29.4 Å². The second-order valence-corrected chi connectivity index (χ2v) is 6.14. The van der Waals surface area contributed by atoms with Crippen molar-refractivity contribution in [1.29, 1.82) is 0 Å². The summed E-state index contributed by atoms with van der Waals surface area (Å²) in [5.74, 6) is -0.0310. The van der Waals surface area contributed by atoms with E-state index in [1.165, 1.54) is 0 Å². The van der Waals surface area contributed by atoms with Gasteiger partial charge in [-0.3, -0.25) is 14.3 Å². The maximum Gasteiger partial charge on any atom is 0.263 e. The Morgan fingerprint density at radius 3 is 2.95 bits per heavy atom. The molecule has 0 spiro atoms. The summed E-state index contributed by atoms with van der Waals surface area (Å²) >= 11 is 8.17. The highest BCUT2D eigenvalue weighted by Gasteiger charge is 2.37. The first-order valence-corrected chi connectivity index (χ1v) is 7.58. The summed E-state index contributed by atoms with van der Waals surface area (Å²) in [6.45, 7) is -0.294. The number of nitrogen functional groups attached to an aromatic ring is 1. The second-order valence-electron chi connectivity index (χ2n) is 4.74. The molecule has 0 radical (unpaired) electrons. The summed E-state index contributed by atoms with van der Waals surface area (Å²) in [7, 11) is 0. The average Bonchev–Trinajstić information content (AvgIpc) is 2.89. The molecule has 1 saturated heterocycles. The molecule has 2 aromatic rings. The Morgan fingerprint density at radius 1 is 1.62 bits per heavy atom. The molecule has 3 atom stereocenters. The van der Waals surface area contributed by atoms with Crippen LogP contribution in [0.5, 0.6) is 0 Å². The molecule has 2 aromatic heterocycles.